The van der Waals surface area contributed by atoms with Crippen LogP contribution >= 0.6 is 0 Å². The van der Waals surface area contributed by atoms with Gasteiger partial charge in [0.2, 0.25) is 5.91 Å². The van der Waals surface area contributed by atoms with Crippen molar-refractivity contribution in [2.24, 2.45) is 0 Å². The van der Waals surface area contributed by atoms with Gasteiger partial charge in [-0.3, -0.25) is 9.59 Å². The summed E-state index contributed by atoms with van der Waals surface area (Å²) in [5.74, 6) is -0.387. The van der Waals surface area contributed by atoms with Gasteiger partial charge in [0.25, 0.3) is 5.91 Å². The van der Waals surface area contributed by atoms with E-state index in [1.807, 2.05) is 41.2 Å². The van der Waals surface area contributed by atoms with E-state index in [-0.39, 0.29) is 18.4 Å². The first-order valence-electron chi connectivity index (χ1n) is 6.29. The predicted octanol–water partition coefficient (Wildman–Crippen LogP) is 1.30. The third-order valence-electron chi connectivity index (χ3n) is 2.93. The molecule has 20 heavy (non-hydrogen) atoms. The molecule has 1 N–H and O–H groups in total. The number of hydrogen-bond acceptors (Lipinski definition) is 2. The number of nitrogens with zero attached hydrogens (tertiary/aromatic N) is 2. The molecule has 0 unspecified atom stereocenters. The Morgan fingerprint density at radius 3 is 2.25 bits per heavy atom. The number of nitrogens with one attached hydrogen (secondary N) is 1. The van der Waals surface area contributed by atoms with Crippen LogP contribution in [0.3, 0.4) is 0 Å². The molecule has 1 aromatic carbocycles. The van der Waals surface area contributed by atoms with Crippen LogP contribution in [-0.4, -0.2) is 41.9 Å². The Balaban J connectivity index is 1.99. The number of rotatable bonds is 4. The molecule has 0 spiro atoms. The van der Waals surface area contributed by atoms with Gasteiger partial charge in [-0.25, -0.2) is 0 Å². The van der Waals surface area contributed by atoms with E-state index in [2.05, 4.69) is 5.32 Å². The van der Waals surface area contributed by atoms with Crippen molar-refractivity contribution in [2.75, 3.05) is 20.6 Å². The summed E-state index contributed by atoms with van der Waals surface area (Å²) in [7, 11) is 3.31. The predicted molar refractivity (Wildman–Crippen MR) is 76.8 cm³/mol. The van der Waals surface area contributed by atoms with Crippen LogP contribution in [-0.2, 0) is 4.79 Å². The lowest BCUT2D eigenvalue weighted by molar-refractivity contribution is -0.127. The second-order valence-corrected chi connectivity index (χ2v) is 4.61. The average molecular weight is 271 g/mol. The minimum Gasteiger partial charge on any atom is -0.347 e. The third kappa shape index (κ3) is 3.26. The van der Waals surface area contributed by atoms with Crippen molar-refractivity contribution in [3.8, 4) is 5.69 Å². The maximum Gasteiger partial charge on any atom is 0.251 e. The zero-order chi connectivity index (χ0) is 14.5. The highest BCUT2D eigenvalue weighted by Gasteiger charge is 2.09. The molecule has 0 aliphatic heterocycles. The number of carbonyl (C=O) groups excluding carboxylic acids is 2. The van der Waals surface area contributed by atoms with Gasteiger partial charge in [0.05, 0.1) is 6.54 Å². The quantitative estimate of drug-likeness (QED) is 0.911. The largest absolute Gasteiger partial charge is 0.347 e. The molecular weight excluding hydrogens is 254 g/mol. The molecule has 5 heteroatoms. The normalized spacial score (nSPS) is 10.1. The molecule has 1 aromatic heterocycles. The summed E-state index contributed by atoms with van der Waals surface area (Å²) in [6.07, 6.45) is 3.87. The third-order valence-corrected chi connectivity index (χ3v) is 2.93. The molecule has 0 fully saturated rings. The van der Waals surface area contributed by atoms with E-state index >= 15 is 0 Å². The Hall–Kier alpha value is -2.56. The van der Waals surface area contributed by atoms with E-state index < -0.39 is 0 Å². The van der Waals surface area contributed by atoms with Crippen LogP contribution < -0.4 is 5.32 Å². The maximum absolute atomic E-state index is 11.9. The molecule has 0 bridgehead atoms. The van der Waals surface area contributed by atoms with Crippen molar-refractivity contribution in [3.05, 3.63) is 54.4 Å². The van der Waals surface area contributed by atoms with Crippen molar-refractivity contribution < 1.29 is 9.59 Å². The first-order chi connectivity index (χ1) is 9.58. The molecule has 2 rings (SSSR count). The summed E-state index contributed by atoms with van der Waals surface area (Å²) in [6.45, 7) is 0.00514. The summed E-state index contributed by atoms with van der Waals surface area (Å²) < 4.78 is 1.96. The summed E-state index contributed by atoms with van der Waals surface area (Å²) in [6, 6.07) is 11.1. The highest BCUT2D eigenvalue weighted by atomic mass is 16.2. The zero-order valence-electron chi connectivity index (χ0n) is 11.5. The van der Waals surface area contributed by atoms with Crippen LogP contribution in [0.25, 0.3) is 5.69 Å². The molecule has 0 saturated heterocycles. The fourth-order valence-electron chi connectivity index (χ4n) is 1.71. The van der Waals surface area contributed by atoms with Crippen LogP contribution in [0.5, 0.6) is 0 Å². The SMILES string of the molecule is CN(C)C(=O)CNC(=O)c1ccc(-n2cccc2)cc1. The van der Waals surface area contributed by atoms with E-state index in [4.69, 9.17) is 0 Å². The molecule has 0 saturated carbocycles. The summed E-state index contributed by atoms with van der Waals surface area (Å²) in [5.41, 5.74) is 1.52. The van der Waals surface area contributed by atoms with E-state index in [9.17, 15) is 9.59 Å². The lowest BCUT2D eigenvalue weighted by atomic mass is 10.2. The van der Waals surface area contributed by atoms with Crippen LogP contribution in [0.4, 0.5) is 0 Å². The summed E-state index contributed by atoms with van der Waals surface area (Å²) >= 11 is 0. The molecule has 2 amide bonds. The highest BCUT2D eigenvalue weighted by molar-refractivity contribution is 5.96. The van der Waals surface area contributed by atoms with E-state index in [1.165, 1.54) is 4.90 Å². The van der Waals surface area contributed by atoms with Crippen LogP contribution in [0.1, 0.15) is 10.4 Å². The number of aromatic nitrogens is 1. The second-order valence-electron chi connectivity index (χ2n) is 4.61. The van der Waals surface area contributed by atoms with Crippen molar-refractivity contribution in [2.45, 2.75) is 0 Å². The van der Waals surface area contributed by atoms with Crippen LogP contribution in [0, 0.1) is 0 Å². The molecule has 0 atom stereocenters. The van der Waals surface area contributed by atoms with Gasteiger partial charge in [-0.1, -0.05) is 0 Å². The standard InChI is InChI=1S/C15H17N3O2/c1-17(2)14(19)11-16-15(20)12-5-7-13(8-6-12)18-9-3-4-10-18/h3-10H,11H2,1-2H3,(H,16,20). The Bertz CT molecular complexity index is 586. The number of hydrogen-bond donors (Lipinski definition) is 1. The maximum atomic E-state index is 11.9. The number of amides is 2. The van der Waals surface area contributed by atoms with Gasteiger partial charge in [0, 0.05) is 37.7 Å². The van der Waals surface area contributed by atoms with Crippen LogP contribution in [0.2, 0.25) is 0 Å². The lowest BCUT2D eigenvalue weighted by Gasteiger charge is -2.11. The molecule has 0 aliphatic rings. The monoisotopic (exact) mass is 271 g/mol. The van der Waals surface area contributed by atoms with Gasteiger partial charge in [-0.2, -0.15) is 0 Å². The Kier molecular flexibility index (Phi) is 4.20. The van der Waals surface area contributed by atoms with E-state index in [1.54, 1.807) is 26.2 Å². The average Bonchev–Trinajstić information content (AvgIpc) is 2.98. The first kappa shape index (κ1) is 13.9. The fraction of sp³-hybridized carbons (Fsp3) is 0.200. The molecule has 5 nitrogen and oxygen atoms in total. The van der Waals surface area contributed by atoms with Gasteiger partial charge in [-0.05, 0) is 36.4 Å². The van der Waals surface area contributed by atoms with Gasteiger partial charge in [-0.15, -0.1) is 0 Å². The highest BCUT2D eigenvalue weighted by Crippen LogP contribution is 2.09. The second kappa shape index (κ2) is 6.06. The molecule has 104 valence electrons. The molecule has 0 radical (unpaired) electrons. The van der Waals surface area contributed by atoms with Crippen molar-refractivity contribution in [3.63, 3.8) is 0 Å². The molecule has 2 aromatic rings. The fourth-order valence-corrected chi connectivity index (χ4v) is 1.71. The van der Waals surface area contributed by atoms with E-state index in [0.29, 0.717) is 5.56 Å². The van der Waals surface area contributed by atoms with Gasteiger partial charge >= 0.3 is 0 Å². The zero-order valence-corrected chi connectivity index (χ0v) is 11.5. The minimum atomic E-state index is -0.251. The smallest absolute Gasteiger partial charge is 0.251 e. The number of benzene rings is 1. The Morgan fingerprint density at radius 1 is 1.10 bits per heavy atom. The van der Waals surface area contributed by atoms with E-state index in [0.717, 1.165) is 5.69 Å². The van der Waals surface area contributed by atoms with Crippen molar-refractivity contribution >= 4 is 11.8 Å². The summed E-state index contributed by atoms with van der Waals surface area (Å²) in [4.78, 5) is 24.7. The van der Waals surface area contributed by atoms with Gasteiger partial charge in [0.15, 0.2) is 0 Å². The molecule has 0 aliphatic carbocycles. The first-order valence-corrected chi connectivity index (χ1v) is 6.29. The van der Waals surface area contributed by atoms with Gasteiger partial charge < -0.3 is 14.8 Å². The number of likely N-dealkylation sites (N-methyl/N-ethyl adjacent to an activating group) is 1. The van der Waals surface area contributed by atoms with Crippen molar-refractivity contribution in [1.82, 2.24) is 14.8 Å². The minimum absolute atomic E-state index is 0.00514. The lowest BCUT2D eigenvalue weighted by Crippen LogP contribution is -2.36. The Labute approximate surface area is 117 Å². The van der Waals surface area contributed by atoms with Crippen molar-refractivity contribution in [1.29, 1.82) is 0 Å². The number of carbonyl (C=O) groups is 2. The molecular formula is C15H17N3O2. The summed E-state index contributed by atoms with van der Waals surface area (Å²) in [5, 5.41) is 2.60. The van der Waals surface area contributed by atoms with Crippen LogP contribution in [0.15, 0.2) is 48.8 Å². The molecule has 1 heterocycles. The van der Waals surface area contributed by atoms with Gasteiger partial charge in [0.1, 0.15) is 0 Å². The topological polar surface area (TPSA) is 54.3 Å². The Morgan fingerprint density at radius 2 is 1.70 bits per heavy atom.